The summed E-state index contributed by atoms with van der Waals surface area (Å²) in [6.45, 7) is 0.167. The number of halogens is 2. The second-order valence-electron chi connectivity index (χ2n) is 2.74. The van der Waals surface area contributed by atoms with E-state index in [4.69, 9.17) is 11.6 Å². The molecular weight excluding hydrogens is 269 g/mol. The van der Waals surface area contributed by atoms with Crippen LogP contribution >= 0.6 is 27.5 Å². The highest BCUT2D eigenvalue weighted by Crippen LogP contribution is 2.31. The number of Topliss-reactive ketones (excluding diaryl/α,β-unsaturated/α-hetero) is 1. The van der Waals surface area contributed by atoms with Crippen molar-refractivity contribution in [2.75, 3.05) is 13.6 Å². The van der Waals surface area contributed by atoms with Crippen molar-refractivity contribution in [3.63, 3.8) is 0 Å². The van der Waals surface area contributed by atoms with Gasteiger partial charge < -0.3 is 10.4 Å². The molecule has 0 saturated carbocycles. The summed E-state index contributed by atoms with van der Waals surface area (Å²) in [5, 5.41) is 12.7. The van der Waals surface area contributed by atoms with Crippen LogP contribution in [0.5, 0.6) is 5.75 Å². The van der Waals surface area contributed by atoms with Crippen molar-refractivity contribution in [3.8, 4) is 5.75 Å². The molecule has 0 unspecified atom stereocenters. The van der Waals surface area contributed by atoms with Crippen LogP contribution < -0.4 is 5.32 Å². The molecule has 0 aliphatic heterocycles. The Balaban J connectivity index is 3.13. The van der Waals surface area contributed by atoms with E-state index in [1.165, 1.54) is 12.1 Å². The van der Waals surface area contributed by atoms with E-state index < -0.39 is 0 Å². The van der Waals surface area contributed by atoms with Gasteiger partial charge >= 0.3 is 0 Å². The molecule has 1 rings (SSSR count). The average Bonchev–Trinajstić information content (AvgIpc) is 2.11. The summed E-state index contributed by atoms with van der Waals surface area (Å²) in [7, 11) is 1.66. The molecule has 2 N–H and O–H groups in total. The largest absolute Gasteiger partial charge is 0.506 e. The van der Waals surface area contributed by atoms with Crippen LogP contribution in [0.4, 0.5) is 0 Å². The minimum atomic E-state index is -0.201. The van der Waals surface area contributed by atoms with Crippen LogP contribution in [-0.4, -0.2) is 24.5 Å². The molecule has 1 aromatic rings. The van der Waals surface area contributed by atoms with Crippen molar-refractivity contribution in [3.05, 3.63) is 27.2 Å². The number of hydrogen-bond acceptors (Lipinski definition) is 3. The molecule has 0 aromatic heterocycles. The molecule has 14 heavy (non-hydrogen) atoms. The van der Waals surface area contributed by atoms with Gasteiger partial charge in [-0.2, -0.15) is 0 Å². The quantitative estimate of drug-likeness (QED) is 0.834. The molecule has 0 radical (unpaired) electrons. The lowest BCUT2D eigenvalue weighted by molar-refractivity contribution is 0.0991. The Bertz CT molecular complexity index is 368. The monoisotopic (exact) mass is 277 g/mol. The Morgan fingerprint density at radius 1 is 1.64 bits per heavy atom. The van der Waals surface area contributed by atoms with Crippen molar-refractivity contribution >= 4 is 33.3 Å². The molecule has 0 amide bonds. The molecule has 0 bridgehead atoms. The predicted molar refractivity (Wildman–Crippen MR) is 59.1 cm³/mol. The third-order valence-corrected chi connectivity index (χ3v) is 2.49. The number of ketones is 1. The number of hydrogen-bond donors (Lipinski definition) is 2. The number of rotatable bonds is 3. The number of phenols is 1. The van der Waals surface area contributed by atoms with Gasteiger partial charge in [-0.3, -0.25) is 4.79 Å². The molecule has 5 heteroatoms. The molecule has 0 aliphatic carbocycles. The number of carbonyl (C=O) groups is 1. The lowest BCUT2D eigenvalue weighted by Crippen LogP contribution is -2.18. The van der Waals surface area contributed by atoms with Gasteiger partial charge in [-0.05, 0) is 35.1 Å². The maximum absolute atomic E-state index is 11.5. The summed E-state index contributed by atoms with van der Waals surface area (Å²) >= 11 is 8.86. The van der Waals surface area contributed by atoms with Crippen LogP contribution in [0.1, 0.15) is 10.4 Å². The molecule has 0 fully saturated rings. The lowest BCUT2D eigenvalue weighted by atomic mass is 10.1. The molecule has 0 heterocycles. The van der Waals surface area contributed by atoms with E-state index in [1.54, 1.807) is 7.05 Å². The third kappa shape index (κ3) is 2.47. The van der Waals surface area contributed by atoms with E-state index in [0.717, 1.165) is 0 Å². The van der Waals surface area contributed by atoms with Crippen molar-refractivity contribution in [2.24, 2.45) is 0 Å². The average molecular weight is 279 g/mol. The molecule has 0 aliphatic rings. The molecule has 0 saturated heterocycles. The van der Waals surface area contributed by atoms with E-state index in [9.17, 15) is 9.90 Å². The summed E-state index contributed by atoms with van der Waals surface area (Å²) in [4.78, 5) is 11.5. The van der Waals surface area contributed by atoms with E-state index in [1.807, 2.05) is 0 Å². The van der Waals surface area contributed by atoms with Gasteiger partial charge in [0.15, 0.2) is 5.78 Å². The Hall–Kier alpha value is -0.580. The number of likely N-dealkylation sites (N-methyl/N-ethyl adjacent to an activating group) is 1. The molecule has 76 valence electrons. The third-order valence-electron chi connectivity index (χ3n) is 1.67. The van der Waals surface area contributed by atoms with Crippen LogP contribution in [0.25, 0.3) is 0 Å². The van der Waals surface area contributed by atoms with Crippen LogP contribution in [0.3, 0.4) is 0 Å². The zero-order valence-corrected chi connectivity index (χ0v) is 9.82. The van der Waals surface area contributed by atoms with E-state index in [2.05, 4.69) is 21.2 Å². The first kappa shape index (κ1) is 11.5. The number of nitrogens with one attached hydrogen (secondary N) is 1. The van der Waals surface area contributed by atoms with Crippen LogP contribution in [-0.2, 0) is 0 Å². The minimum Gasteiger partial charge on any atom is -0.506 e. The summed E-state index contributed by atoms with van der Waals surface area (Å²) in [5.74, 6) is -0.275. The number of aromatic hydroxyl groups is 1. The highest BCUT2D eigenvalue weighted by molar-refractivity contribution is 9.10. The summed E-state index contributed by atoms with van der Waals surface area (Å²) in [6.07, 6.45) is 0. The Kier molecular flexibility index (Phi) is 3.92. The van der Waals surface area contributed by atoms with Crippen molar-refractivity contribution in [1.29, 1.82) is 0 Å². The fourth-order valence-electron chi connectivity index (χ4n) is 1.03. The van der Waals surface area contributed by atoms with Crippen LogP contribution in [0.2, 0.25) is 5.02 Å². The number of benzene rings is 1. The summed E-state index contributed by atoms with van der Waals surface area (Å²) in [6, 6.07) is 2.98. The van der Waals surface area contributed by atoms with Crippen LogP contribution in [0, 0.1) is 0 Å². The zero-order valence-electron chi connectivity index (χ0n) is 7.47. The fraction of sp³-hybridized carbons (Fsp3) is 0.222. The Labute approximate surface area is 95.2 Å². The van der Waals surface area contributed by atoms with Gasteiger partial charge in [0.05, 0.1) is 16.6 Å². The standard InChI is InChI=1S/C9H9BrClNO2/c1-12-4-8(13)6-2-5(11)3-7(10)9(6)14/h2-3,12,14H,4H2,1H3. The normalized spacial score (nSPS) is 10.2. The molecule has 1 aromatic carbocycles. The maximum atomic E-state index is 11.5. The van der Waals surface area contributed by atoms with E-state index in [-0.39, 0.29) is 23.6 Å². The van der Waals surface area contributed by atoms with Crippen LogP contribution in [0.15, 0.2) is 16.6 Å². The molecule has 0 atom stereocenters. The zero-order chi connectivity index (χ0) is 10.7. The maximum Gasteiger partial charge on any atom is 0.180 e. The summed E-state index contributed by atoms with van der Waals surface area (Å²) < 4.78 is 0.421. The van der Waals surface area contributed by atoms with E-state index >= 15 is 0 Å². The van der Waals surface area contributed by atoms with Gasteiger partial charge in [-0.1, -0.05) is 11.6 Å². The first-order chi connectivity index (χ1) is 6.56. The highest BCUT2D eigenvalue weighted by atomic mass is 79.9. The van der Waals surface area contributed by atoms with Crippen molar-refractivity contribution in [2.45, 2.75) is 0 Å². The van der Waals surface area contributed by atoms with Crippen molar-refractivity contribution in [1.82, 2.24) is 5.32 Å². The number of carbonyl (C=O) groups excluding carboxylic acids is 1. The Morgan fingerprint density at radius 2 is 2.29 bits per heavy atom. The molecular formula is C9H9BrClNO2. The topological polar surface area (TPSA) is 49.3 Å². The van der Waals surface area contributed by atoms with Gasteiger partial charge in [0.2, 0.25) is 0 Å². The second-order valence-corrected chi connectivity index (χ2v) is 4.03. The van der Waals surface area contributed by atoms with Gasteiger partial charge in [0, 0.05) is 5.02 Å². The lowest BCUT2D eigenvalue weighted by Gasteiger charge is -2.05. The fourth-order valence-corrected chi connectivity index (χ4v) is 1.84. The van der Waals surface area contributed by atoms with E-state index in [0.29, 0.717) is 9.50 Å². The second kappa shape index (κ2) is 4.77. The number of phenolic OH excluding ortho intramolecular Hbond substituents is 1. The molecule has 3 nitrogen and oxygen atoms in total. The van der Waals surface area contributed by atoms with Gasteiger partial charge in [0.1, 0.15) is 5.75 Å². The first-order valence-corrected chi connectivity index (χ1v) is 5.09. The first-order valence-electron chi connectivity index (χ1n) is 3.92. The predicted octanol–water partition coefficient (Wildman–Crippen LogP) is 2.21. The molecule has 0 spiro atoms. The van der Waals surface area contributed by atoms with Gasteiger partial charge in [-0.25, -0.2) is 0 Å². The van der Waals surface area contributed by atoms with Gasteiger partial charge in [-0.15, -0.1) is 0 Å². The smallest absolute Gasteiger partial charge is 0.180 e. The van der Waals surface area contributed by atoms with Crippen molar-refractivity contribution < 1.29 is 9.90 Å². The highest BCUT2D eigenvalue weighted by Gasteiger charge is 2.13. The Morgan fingerprint density at radius 3 is 2.86 bits per heavy atom. The summed E-state index contributed by atoms with van der Waals surface area (Å²) in [5.41, 5.74) is 0.221. The minimum absolute atomic E-state index is 0.0744. The SMILES string of the molecule is CNCC(=O)c1cc(Cl)cc(Br)c1O. The van der Waals surface area contributed by atoms with Gasteiger partial charge in [0.25, 0.3) is 0 Å².